The maximum atomic E-state index is 14.2. The molecule has 0 atom stereocenters. The molecule has 0 saturated heterocycles. The number of ether oxygens (including phenoxy) is 2. The normalized spacial score (nSPS) is 13.5. The van der Waals surface area contributed by atoms with Crippen molar-refractivity contribution in [3.8, 4) is 22.9 Å². The van der Waals surface area contributed by atoms with E-state index in [9.17, 15) is 13.6 Å². The molecule has 6 nitrogen and oxygen atoms in total. The Morgan fingerprint density at radius 1 is 1.19 bits per heavy atom. The second-order valence-corrected chi connectivity index (χ2v) is 6.11. The molecule has 0 unspecified atom stereocenters. The number of carboxylic acid groups (broad SMARTS) is 1. The van der Waals surface area contributed by atoms with Gasteiger partial charge in [0.05, 0.1) is 31.3 Å². The highest BCUT2D eigenvalue weighted by molar-refractivity contribution is 5.66. The van der Waals surface area contributed by atoms with E-state index >= 15 is 0 Å². The molecule has 26 heavy (non-hydrogen) atoms. The van der Waals surface area contributed by atoms with E-state index in [1.165, 1.54) is 12.4 Å². The van der Waals surface area contributed by atoms with Gasteiger partial charge in [-0.2, -0.15) is 0 Å². The number of rotatable bonds is 9. The van der Waals surface area contributed by atoms with E-state index in [1.807, 2.05) is 0 Å². The van der Waals surface area contributed by atoms with E-state index in [0.717, 1.165) is 25.0 Å². The molecule has 1 aromatic heterocycles. The van der Waals surface area contributed by atoms with Gasteiger partial charge in [-0.15, -0.1) is 0 Å². The number of aromatic nitrogens is 2. The third kappa shape index (κ3) is 4.87. The first-order valence-corrected chi connectivity index (χ1v) is 8.32. The van der Waals surface area contributed by atoms with Gasteiger partial charge in [-0.1, -0.05) is 0 Å². The second kappa shape index (κ2) is 8.07. The highest BCUT2D eigenvalue weighted by atomic mass is 19.1. The molecule has 1 N–H and O–H groups in total. The molecule has 1 heterocycles. The fourth-order valence-corrected chi connectivity index (χ4v) is 2.29. The predicted octanol–water partition coefficient (Wildman–Crippen LogP) is 3.45. The summed E-state index contributed by atoms with van der Waals surface area (Å²) in [4.78, 5) is 18.7. The monoisotopic (exact) mass is 364 g/mol. The van der Waals surface area contributed by atoms with Crippen LogP contribution in [0, 0.1) is 17.6 Å². The van der Waals surface area contributed by atoms with E-state index in [4.69, 9.17) is 14.6 Å². The lowest BCUT2D eigenvalue weighted by Crippen LogP contribution is -2.05. The van der Waals surface area contributed by atoms with Crippen LogP contribution < -0.4 is 9.47 Å². The Morgan fingerprint density at radius 2 is 1.92 bits per heavy atom. The van der Waals surface area contributed by atoms with E-state index in [2.05, 4.69) is 9.97 Å². The van der Waals surface area contributed by atoms with Gasteiger partial charge in [0.25, 0.3) is 0 Å². The van der Waals surface area contributed by atoms with Crippen LogP contribution in [0.15, 0.2) is 24.5 Å². The number of hydrogen-bond acceptors (Lipinski definition) is 5. The molecule has 0 radical (unpaired) electrons. The molecule has 1 aliphatic rings. The van der Waals surface area contributed by atoms with Gasteiger partial charge in [0, 0.05) is 12.0 Å². The summed E-state index contributed by atoms with van der Waals surface area (Å²) in [5.41, 5.74) is 0.496. The van der Waals surface area contributed by atoms with Crippen molar-refractivity contribution in [2.75, 3.05) is 13.2 Å². The SMILES string of the molecule is O=C(O)CCCOc1c(F)cc(-c2cncc(OCC3CC3)n2)cc1F. The second-order valence-electron chi connectivity index (χ2n) is 6.11. The van der Waals surface area contributed by atoms with Crippen molar-refractivity contribution in [3.63, 3.8) is 0 Å². The van der Waals surface area contributed by atoms with Crippen LogP contribution in [-0.2, 0) is 4.79 Å². The summed E-state index contributed by atoms with van der Waals surface area (Å²) < 4.78 is 38.9. The molecule has 8 heteroatoms. The average molecular weight is 364 g/mol. The molecule has 1 aromatic carbocycles. The zero-order chi connectivity index (χ0) is 18.5. The van der Waals surface area contributed by atoms with Gasteiger partial charge < -0.3 is 14.6 Å². The Bertz CT molecular complexity index is 774. The lowest BCUT2D eigenvalue weighted by molar-refractivity contribution is -0.137. The summed E-state index contributed by atoms with van der Waals surface area (Å²) in [6.07, 6.45) is 5.14. The van der Waals surface area contributed by atoms with Crippen molar-refractivity contribution in [1.29, 1.82) is 0 Å². The lowest BCUT2D eigenvalue weighted by atomic mass is 10.1. The number of aliphatic carboxylic acids is 1. The maximum absolute atomic E-state index is 14.2. The summed E-state index contributed by atoms with van der Waals surface area (Å²) in [6.45, 7) is 0.466. The van der Waals surface area contributed by atoms with Crippen LogP contribution in [0.4, 0.5) is 8.78 Å². The highest BCUT2D eigenvalue weighted by Crippen LogP contribution is 2.30. The summed E-state index contributed by atoms with van der Waals surface area (Å²) in [5.74, 6) is -2.44. The molecule has 1 fully saturated rings. The van der Waals surface area contributed by atoms with Crippen LogP contribution in [0.2, 0.25) is 0 Å². The zero-order valence-corrected chi connectivity index (χ0v) is 14.0. The van der Waals surface area contributed by atoms with Crippen LogP contribution >= 0.6 is 0 Å². The van der Waals surface area contributed by atoms with Gasteiger partial charge in [-0.05, 0) is 37.3 Å². The van der Waals surface area contributed by atoms with Gasteiger partial charge in [-0.25, -0.2) is 13.8 Å². The Balaban J connectivity index is 1.70. The standard InChI is InChI=1S/C18H18F2N2O4/c19-13-6-12(7-14(20)18(13)25-5-1-2-17(23)24)15-8-21-9-16(22-15)26-10-11-3-4-11/h6-9,11H,1-5,10H2,(H,23,24). The molecule has 0 aliphatic heterocycles. The molecule has 0 amide bonds. The summed E-state index contributed by atoms with van der Waals surface area (Å²) in [7, 11) is 0. The number of nitrogens with zero attached hydrogens (tertiary/aromatic N) is 2. The third-order valence-electron chi connectivity index (χ3n) is 3.85. The quantitative estimate of drug-likeness (QED) is 0.687. The van der Waals surface area contributed by atoms with Crippen LogP contribution in [0.5, 0.6) is 11.6 Å². The molecule has 2 aromatic rings. The first-order valence-electron chi connectivity index (χ1n) is 8.32. The van der Waals surface area contributed by atoms with E-state index in [1.54, 1.807) is 0 Å². The molecule has 1 saturated carbocycles. The Hall–Kier alpha value is -2.77. The summed E-state index contributed by atoms with van der Waals surface area (Å²) in [6, 6.07) is 2.20. The first kappa shape index (κ1) is 18.0. The van der Waals surface area contributed by atoms with E-state index < -0.39 is 23.4 Å². The number of hydrogen-bond donors (Lipinski definition) is 1. The lowest BCUT2D eigenvalue weighted by Gasteiger charge is -2.10. The minimum Gasteiger partial charge on any atom is -0.488 e. The van der Waals surface area contributed by atoms with E-state index in [-0.39, 0.29) is 30.7 Å². The maximum Gasteiger partial charge on any atom is 0.303 e. The fourth-order valence-electron chi connectivity index (χ4n) is 2.29. The smallest absolute Gasteiger partial charge is 0.303 e. The number of carbonyl (C=O) groups is 1. The predicted molar refractivity (Wildman–Crippen MR) is 88.0 cm³/mol. The largest absolute Gasteiger partial charge is 0.488 e. The van der Waals surface area contributed by atoms with Crippen molar-refractivity contribution in [2.45, 2.75) is 25.7 Å². The highest BCUT2D eigenvalue weighted by Gasteiger charge is 2.22. The van der Waals surface area contributed by atoms with Crippen LogP contribution in [0.25, 0.3) is 11.3 Å². The minimum absolute atomic E-state index is 0.0935. The summed E-state index contributed by atoms with van der Waals surface area (Å²) >= 11 is 0. The molecule has 0 bridgehead atoms. The molecular formula is C18H18F2N2O4. The molecule has 1 aliphatic carbocycles. The Labute approximate surface area is 148 Å². The van der Waals surface area contributed by atoms with E-state index in [0.29, 0.717) is 18.4 Å². The molecular weight excluding hydrogens is 346 g/mol. The molecule has 3 rings (SSSR count). The Morgan fingerprint density at radius 3 is 2.58 bits per heavy atom. The van der Waals surface area contributed by atoms with Crippen LogP contribution in [0.1, 0.15) is 25.7 Å². The number of halogens is 2. The van der Waals surface area contributed by atoms with Crippen molar-refractivity contribution in [3.05, 3.63) is 36.2 Å². The molecule has 0 spiro atoms. The topological polar surface area (TPSA) is 81.5 Å². The average Bonchev–Trinajstić information content (AvgIpc) is 3.43. The number of carboxylic acids is 1. The van der Waals surface area contributed by atoms with Gasteiger partial charge in [0.15, 0.2) is 17.4 Å². The van der Waals surface area contributed by atoms with Crippen LogP contribution in [0.3, 0.4) is 0 Å². The van der Waals surface area contributed by atoms with Gasteiger partial charge in [0.2, 0.25) is 5.88 Å². The summed E-state index contributed by atoms with van der Waals surface area (Å²) in [5, 5.41) is 8.55. The fraction of sp³-hybridized carbons (Fsp3) is 0.389. The van der Waals surface area contributed by atoms with Gasteiger partial charge in [-0.3, -0.25) is 9.78 Å². The van der Waals surface area contributed by atoms with Gasteiger partial charge >= 0.3 is 5.97 Å². The third-order valence-corrected chi connectivity index (χ3v) is 3.85. The zero-order valence-electron chi connectivity index (χ0n) is 14.0. The van der Waals surface area contributed by atoms with Crippen molar-refractivity contribution < 1.29 is 28.2 Å². The van der Waals surface area contributed by atoms with Gasteiger partial charge in [0.1, 0.15) is 0 Å². The minimum atomic E-state index is -0.993. The van der Waals surface area contributed by atoms with Crippen LogP contribution in [-0.4, -0.2) is 34.3 Å². The molecule has 138 valence electrons. The Kier molecular flexibility index (Phi) is 5.60. The van der Waals surface area contributed by atoms with Crippen molar-refractivity contribution in [2.24, 2.45) is 5.92 Å². The van der Waals surface area contributed by atoms with Crippen molar-refractivity contribution in [1.82, 2.24) is 9.97 Å². The number of benzene rings is 1. The first-order chi connectivity index (χ1) is 12.5. The van der Waals surface area contributed by atoms with Crippen molar-refractivity contribution >= 4 is 5.97 Å².